The standard InChI is InChI=1S/C25H22BrN3O6/c1-15(16-8-10-17(11-9-16)35-25(32)19-6-4-5-7-20(19)26)28-29-24(31)23(30)27-21-14-18(33-2)12-13-22(21)34-3/h4-14H,1-3H3,(H,27,30)(H,29,31)/b28-15+. The van der Waals surface area contributed by atoms with Gasteiger partial charge in [-0.3, -0.25) is 9.59 Å². The van der Waals surface area contributed by atoms with E-state index in [1.165, 1.54) is 20.3 Å². The fourth-order valence-electron chi connectivity index (χ4n) is 2.89. The van der Waals surface area contributed by atoms with Crippen LogP contribution >= 0.6 is 15.9 Å². The second-order valence-electron chi connectivity index (χ2n) is 7.05. The van der Waals surface area contributed by atoms with Crippen molar-refractivity contribution >= 4 is 45.1 Å². The van der Waals surface area contributed by atoms with Crippen LogP contribution in [0.3, 0.4) is 0 Å². The first kappa shape index (κ1) is 25.4. The van der Waals surface area contributed by atoms with Crippen molar-refractivity contribution in [2.45, 2.75) is 6.92 Å². The van der Waals surface area contributed by atoms with Crippen molar-refractivity contribution in [2.75, 3.05) is 19.5 Å². The van der Waals surface area contributed by atoms with Crippen LogP contribution < -0.4 is 25.0 Å². The van der Waals surface area contributed by atoms with Gasteiger partial charge in [0.05, 0.1) is 31.2 Å². The molecule has 2 amide bonds. The van der Waals surface area contributed by atoms with Crippen LogP contribution in [0.5, 0.6) is 17.2 Å². The van der Waals surface area contributed by atoms with Gasteiger partial charge in [-0.05, 0) is 76.9 Å². The Morgan fingerprint density at radius 1 is 0.857 bits per heavy atom. The summed E-state index contributed by atoms with van der Waals surface area (Å²) in [5, 5.41) is 6.43. The zero-order valence-corrected chi connectivity index (χ0v) is 20.7. The lowest BCUT2D eigenvalue weighted by Gasteiger charge is -2.11. The van der Waals surface area contributed by atoms with Gasteiger partial charge in [-0.2, -0.15) is 5.10 Å². The number of rotatable bonds is 7. The molecule has 3 rings (SSSR count). The highest BCUT2D eigenvalue weighted by Gasteiger charge is 2.17. The third kappa shape index (κ3) is 6.67. The number of benzene rings is 3. The summed E-state index contributed by atoms with van der Waals surface area (Å²) < 4.78 is 16.3. The van der Waals surface area contributed by atoms with E-state index in [1.807, 2.05) is 0 Å². The first-order chi connectivity index (χ1) is 16.8. The van der Waals surface area contributed by atoms with Crippen LogP contribution in [0, 0.1) is 0 Å². The van der Waals surface area contributed by atoms with Crippen molar-refractivity contribution < 1.29 is 28.6 Å². The topological polar surface area (TPSA) is 115 Å². The Kier molecular flexibility index (Phi) is 8.58. The van der Waals surface area contributed by atoms with Gasteiger partial charge in [-0.25, -0.2) is 10.2 Å². The molecule has 0 aliphatic heterocycles. The van der Waals surface area contributed by atoms with E-state index in [0.717, 1.165) is 0 Å². The number of nitrogens with zero attached hydrogens (tertiary/aromatic N) is 1. The number of esters is 1. The van der Waals surface area contributed by atoms with Crippen molar-refractivity contribution in [2.24, 2.45) is 5.10 Å². The van der Waals surface area contributed by atoms with Crippen LogP contribution in [0.15, 0.2) is 76.3 Å². The molecule has 0 aromatic heterocycles. The highest BCUT2D eigenvalue weighted by Crippen LogP contribution is 2.28. The summed E-state index contributed by atoms with van der Waals surface area (Å²) in [5.74, 6) is -1.19. The van der Waals surface area contributed by atoms with E-state index < -0.39 is 17.8 Å². The van der Waals surface area contributed by atoms with Gasteiger partial charge in [0.15, 0.2) is 0 Å². The Bertz CT molecular complexity index is 1270. The molecular weight excluding hydrogens is 518 g/mol. The van der Waals surface area contributed by atoms with Gasteiger partial charge in [0.2, 0.25) is 0 Å². The lowest BCUT2D eigenvalue weighted by molar-refractivity contribution is -0.136. The Morgan fingerprint density at radius 2 is 1.54 bits per heavy atom. The number of amides is 2. The summed E-state index contributed by atoms with van der Waals surface area (Å²) in [6, 6.07) is 18.3. The summed E-state index contributed by atoms with van der Waals surface area (Å²) in [4.78, 5) is 36.8. The van der Waals surface area contributed by atoms with E-state index in [4.69, 9.17) is 14.2 Å². The number of hydrazone groups is 1. The van der Waals surface area contributed by atoms with Crippen LogP contribution in [0.1, 0.15) is 22.8 Å². The average Bonchev–Trinajstić information content (AvgIpc) is 2.87. The summed E-state index contributed by atoms with van der Waals surface area (Å²) >= 11 is 3.32. The van der Waals surface area contributed by atoms with Crippen LogP contribution in [-0.4, -0.2) is 37.7 Å². The Hall–Kier alpha value is -4.18. The molecule has 0 atom stereocenters. The Balaban J connectivity index is 1.60. The fraction of sp³-hybridized carbons (Fsp3) is 0.120. The second-order valence-corrected chi connectivity index (χ2v) is 7.91. The number of halogens is 1. The van der Waals surface area contributed by atoms with Gasteiger partial charge < -0.3 is 19.5 Å². The monoisotopic (exact) mass is 539 g/mol. The van der Waals surface area contributed by atoms with E-state index >= 15 is 0 Å². The first-order valence-corrected chi connectivity index (χ1v) is 11.1. The van der Waals surface area contributed by atoms with Crippen molar-refractivity contribution in [3.63, 3.8) is 0 Å². The third-order valence-corrected chi connectivity index (χ3v) is 5.45. The molecule has 0 saturated carbocycles. The molecular formula is C25H22BrN3O6. The lowest BCUT2D eigenvalue weighted by Crippen LogP contribution is -2.33. The molecule has 0 spiro atoms. The Morgan fingerprint density at radius 3 is 2.20 bits per heavy atom. The second kappa shape index (κ2) is 11.8. The summed E-state index contributed by atoms with van der Waals surface area (Å²) in [6.07, 6.45) is 0. The van der Waals surface area contributed by atoms with E-state index in [9.17, 15) is 14.4 Å². The summed E-state index contributed by atoms with van der Waals surface area (Å²) in [7, 11) is 2.93. The molecule has 2 N–H and O–H groups in total. The molecule has 0 heterocycles. The number of anilines is 1. The van der Waals surface area contributed by atoms with Crippen LogP contribution in [0.4, 0.5) is 5.69 Å². The zero-order chi connectivity index (χ0) is 25.4. The van der Waals surface area contributed by atoms with Crippen molar-refractivity contribution in [1.82, 2.24) is 5.43 Å². The Labute approximate surface area is 210 Å². The van der Waals surface area contributed by atoms with Gasteiger partial charge in [0.25, 0.3) is 0 Å². The highest BCUT2D eigenvalue weighted by molar-refractivity contribution is 9.10. The number of nitrogens with one attached hydrogen (secondary N) is 2. The molecule has 35 heavy (non-hydrogen) atoms. The first-order valence-electron chi connectivity index (χ1n) is 10.3. The van der Waals surface area contributed by atoms with Crippen molar-refractivity contribution in [3.05, 3.63) is 82.3 Å². The van der Waals surface area contributed by atoms with E-state index in [1.54, 1.807) is 67.6 Å². The number of hydrogen-bond acceptors (Lipinski definition) is 7. The maximum Gasteiger partial charge on any atom is 0.344 e. The molecule has 0 aliphatic rings. The summed E-state index contributed by atoms with van der Waals surface area (Å²) in [6.45, 7) is 1.66. The molecule has 0 fully saturated rings. The largest absolute Gasteiger partial charge is 0.497 e. The maximum atomic E-state index is 12.3. The van der Waals surface area contributed by atoms with E-state index in [2.05, 4.69) is 31.8 Å². The smallest absolute Gasteiger partial charge is 0.344 e. The number of carbonyl (C=O) groups is 3. The molecule has 0 radical (unpaired) electrons. The van der Waals surface area contributed by atoms with E-state index in [-0.39, 0.29) is 5.69 Å². The number of hydrogen-bond donors (Lipinski definition) is 2. The van der Waals surface area contributed by atoms with Crippen LogP contribution in [0.2, 0.25) is 0 Å². The average molecular weight is 540 g/mol. The molecule has 3 aromatic carbocycles. The minimum absolute atomic E-state index is 0.278. The number of carbonyl (C=O) groups excluding carboxylic acids is 3. The predicted octanol–water partition coefficient (Wildman–Crippen LogP) is 4.16. The third-order valence-electron chi connectivity index (χ3n) is 4.76. The fourth-order valence-corrected chi connectivity index (χ4v) is 3.34. The molecule has 0 aliphatic carbocycles. The van der Waals surface area contributed by atoms with Gasteiger partial charge in [-0.1, -0.05) is 12.1 Å². The molecule has 0 unspecified atom stereocenters. The maximum absolute atomic E-state index is 12.3. The minimum Gasteiger partial charge on any atom is -0.497 e. The molecule has 0 saturated heterocycles. The van der Waals surface area contributed by atoms with E-state index in [0.29, 0.717) is 38.6 Å². The van der Waals surface area contributed by atoms with Crippen molar-refractivity contribution in [3.8, 4) is 17.2 Å². The molecule has 9 nitrogen and oxygen atoms in total. The van der Waals surface area contributed by atoms with Gasteiger partial charge in [0.1, 0.15) is 17.2 Å². The molecule has 10 heteroatoms. The predicted molar refractivity (Wildman–Crippen MR) is 134 cm³/mol. The number of methoxy groups -OCH3 is 2. The van der Waals surface area contributed by atoms with Crippen LogP contribution in [-0.2, 0) is 9.59 Å². The van der Waals surface area contributed by atoms with Crippen LogP contribution in [0.25, 0.3) is 0 Å². The van der Waals surface area contributed by atoms with Gasteiger partial charge in [-0.15, -0.1) is 0 Å². The van der Waals surface area contributed by atoms with Crippen molar-refractivity contribution in [1.29, 1.82) is 0 Å². The van der Waals surface area contributed by atoms with Gasteiger partial charge in [0, 0.05) is 10.5 Å². The SMILES string of the molecule is COc1ccc(OC)c(NC(=O)C(=O)N/N=C(\C)c2ccc(OC(=O)c3ccccc3Br)cc2)c1. The quantitative estimate of drug-likeness (QED) is 0.153. The molecule has 3 aromatic rings. The number of ether oxygens (including phenoxy) is 3. The minimum atomic E-state index is -0.965. The normalized spacial score (nSPS) is 10.8. The molecule has 0 bridgehead atoms. The zero-order valence-electron chi connectivity index (χ0n) is 19.1. The molecule has 180 valence electrons. The highest BCUT2D eigenvalue weighted by atomic mass is 79.9. The summed E-state index contributed by atoms with van der Waals surface area (Å²) in [5.41, 5.74) is 3.99. The lowest BCUT2D eigenvalue weighted by atomic mass is 10.1. The van der Waals surface area contributed by atoms with Gasteiger partial charge >= 0.3 is 17.8 Å².